The monoisotopic (exact) mass is 395 g/mol. The Kier molecular flexibility index (Phi) is 6.49. The Balaban J connectivity index is 1.73. The van der Waals surface area contributed by atoms with Crippen molar-refractivity contribution in [2.75, 3.05) is 19.0 Å². The number of amides is 2. The maximum atomic E-state index is 12.8. The van der Waals surface area contributed by atoms with E-state index in [2.05, 4.69) is 16.9 Å². The molecular formula is C21H21N3O3S. The number of carbonyl (C=O) groups excluding carboxylic acids is 2. The van der Waals surface area contributed by atoms with Crippen molar-refractivity contribution >= 4 is 40.1 Å². The molecule has 7 heteroatoms. The van der Waals surface area contributed by atoms with Crippen LogP contribution in [-0.4, -0.2) is 40.8 Å². The minimum Gasteiger partial charge on any atom is -0.495 e. The van der Waals surface area contributed by atoms with Gasteiger partial charge in [0.05, 0.1) is 18.5 Å². The summed E-state index contributed by atoms with van der Waals surface area (Å²) in [5, 5.41) is 2.86. The SMILES string of the molecule is C=CCN1C(=O)[C@H](CC(=O)Nc2ccccc2OC)SC1=Nc1ccccc1. The summed E-state index contributed by atoms with van der Waals surface area (Å²) in [5.41, 5.74) is 1.33. The van der Waals surface area contributed by atoms with E-state index in [-0.39, 0.29) is 18.2 Å². The molecule has 28 heavy (non-hydrogen) atoms. The van der Waals surface area contributed by atoms with Crippen molar-refractivity contribution in [3.05, 3.63) is 67.3 Å². The lowest BCUT2D eigenvalue weighted by atomic mass is 10.2. The molecule has 0 bridgehead atoms. The molecule has 1 aliphatic heterocycles. The van der Waals surface area contributed by atoms with Gasteiger partial charge in [-0.25, -0.2) is 4.99 Å². The van der Waals surface area contributed by atoms with Gasteiger partial charge in [-0.2, -0.15) is 0 Å². The Bertz CT molecular complexity index is 899. The van der Waals surface area contributed by atoms with Gasteiger partial charge in [-0.3, -0.25) is 14.5 Å². The highest BCUT2D eigenvalue weighted by molar-refractivity contribution is 8.15. The van der Waals surface area contributed by atoms with E-state index in [1.807, 2.05) is 42.5 Å². The second-order valence-corrected chi connectivity index (χ2v) is 7.20. The van der Waals surface area contributed by atoms with Crippen LogP contribution in [0, 0.1) is 0 Å². The van der Waals surface area contributed by atoms with Gasteiger partial charge >= 0.3 is 0 Å². The zero-order valence-corrected chi connectivity index (χ0v) is 16.3. The fourth-order valence-corrected chi connectivity index (χ4v) is 3.92. The number of carbonyl (C=O) groups is 2. The number of amidine groups is 1. The third-order valence-electron chi connectivity index (χ3n) is 4.06. The summed E-state index contributed by atoms with van der Waals surface area (Å²) in [6, 6.07) is 16.6. The first kappa shape index (κ1) is 19.7. The van der Waals surface area contributed by atoms with Gasteiger partial charge < -0.3 is 10.1 Å². The van der Waals surface area contributed by atoms with E-state index in [1.165, 1.54) is 11.8 Å². The molecule has 0 radical (unpaired) electrons. The van der Waals surface area contributed by atoms with Gasteiger partial charge in [0.2, 0.25) is 11.8 Å². The molecule has 1 saturated heterocycles. The summed E-state index contributed by atoms with van der Waals surface area (Å²) >= 11 is 1.30. The quantitative estimate of drug-likeness (QED) is 0.723. The van der Waals surface area contributed by atoms with Crippen molar-refractivity contribution < 1.29 is 14.3 Å². The lowest BCUT2D eigenvalue weighted by molar-refractivity contribution is -0.127. The number of hydrogen-bond acceptors (Lipinski definition) is 5. The molecule has 144 valence electrons. The average molecular weight is 395 g/mol. The third-order valence-corrected chi connectivity index (χ3v) is 5.24. The molecule has 1 fully saturated rings. The Morgan fingerprint density at radius 2 is 1.96 bits per heavy atom. The van der Waals surface area contributed by atoms with Crippen LogP contribution in [0.15, 0.2) is 72.2 Å². The molecule has 1 N–H and O–H groups in total. The summed E-state index contributed by atoms with van der Waals surface area (Å²) in [6.07, 6.45) is 1.69. The first-order valence-corrected chi connectivity index (χ1v) is 9.66. The zero-order valence-electron chi connectivity index (χ0n) is 15.5. The van der Waals surface area contributed by atoms with Crippen molar-refractivity contribution in [1.82, 2.24) is 4.90 Å². The van der Waals surface area contributed by atoms with Gasteiger partial charge in [-0.1, -0.05) is 48.2 Å². The lowest BCUT2D eigenvalue weighted by Gasteiger charge is -2.14. The first-order valence-electron chi connectivity index (χ1n) is 8.78. The normalized spacial score (nSPS) is 17.6. The van der Waals surface area contributed by atoms with Crippen LogP contribution in [0.3, 0.4) is 0 Å². The molecule has 0 unspecified atom stereocenters. The Morgan fingerprint density at radius 3 is 2.68 bits per heavy atom. The van der Waals surface area contributed by atoms with Gasteiger partial charge in [0, 0.05) is 13.0 Å². The number of hydrogen-bond donors (Lipinski definition) is 1. The van der Waals surface area contributed by atoms with Crippen LogP contribution >= 0.6 is 11.8 Å². The number of methoxy groups -OCH3 is 1. The number of nitrogens with zero attached hydrogens (tertiary/aromatic N) is 2. The topological polar surface area (TPSA) is 71.0 Å². The van der Waals surface area contributed by atoms with Crippen molar-refractivity contribution in [2.24, 2.45) is 4.99 Å². The van der Waals surface area contributed by atoms with E-state index < -0.39 is 5.25 Å². The minimum absolute atomic E-state index is 0.0446. The molecule has 2 amide bonds. The smallest absolute Gasteiger partial charge is 0.242 e. The maximum Gasteiger partial charge on any atom is 0.242 e. The van der Waals surface area contributed by atoms with E-state index in [1.54, 1.807) is 30.2 Å². The van der Waals surface area contributed by atoms with Crippen LogP contribution in [0.5, 0.6) is 5.75 Å². The van der Waals surface area contributed by atoms with Crippen molar-refractivity contribution in [2.45, 2.75) is 11.7 Å². The number of nitrogens with one attached hydrogen (secondary N) is 1. The predicted molar refractivity (Wildman–Crippen MR) is 113 cm³/mol. The maximum absolute atomic E-state index is 12.8. The molecular weight excluding hydrogens is 374 g/mol. The first-order chi connectivity index (χ1) is 13.6. The van der Waals surface area contributed by atoms with Gasteiger partial charge in [0.1, 0.15) is 11.0 Å². The molecule has 0 aliphatic carbocycles. The highest BCUT2D eigenvalue weighted by Gasteiger charge is 2.38. The highest BCUT2D eigenvalue weighted by atomic mass is 32.2. The molecule has 2 aromatic carbocycles. The number of aliphatic imine (C=N–C) groups is 1. The summed E-state index contributed by atoms with van der Waals surface area (Å²) < 4.78 is 5.24. The van der Waals surface area contributed by atoms with Crippen molar-refractivity contribution in [3.8, 4) is 5.75 Å². The number of anilines is 1. The van der Waals surface area contributed by atoms with Crippen LogP contribution in [0.2, 0.25) is 0 Å². The number of para-hydroxylation sites is 3. The van der Waals surface area contributed by atoms with Crippen LogP contribution in [0.4, 0.5) is 11.4 Å². The standard InChI is InChI=1S/C21H21N3O3S/c1-3-13-24-20(26)18(28-21(24)22-15-9-5-4-6-10-15)14-19(25)23-16-11-7-8-12-17(16)27-2/h3-12,18H,1,13-14H2,2H3,(H,23,25)/t18-/m0/s1. The van der Waals surface area contributed by atoms with Gasteiger partial charge in [-0.15, -0.1) is 6.58 Å². The van der Waals surface area contributed by atoms with Crippen molar-refractivity contribution in [1.29, 1.82) is 0 Å². The predicted octanol–water partition coefficient (Wildman–Crippen LogP) is 3.84. The third kappa shape index (κ3) is 4.61. The van der Waals surface area contributed by atoms with Gasteiger partial charge in [0.25, 0.3) is 0 Å². The summed E-state index contributed by atoms with van der Waals surface area (Å²) in [7, 11) is 1.54. The van der Waals surface area contributed by atoms with E-state index in [9.17, 15) is 9.59 Å². The van der Waals surface area contributed by atoms with E-state index in [0.29, 0.717) is 23.1 Å². The van der Waals surface area contributed by atoms with E-state index in [4.69, 9.17) is 4.74 Å². The molecule has 0 saturated carbocycles. The molecule has 1 heterocycles. The van der Waals surface area contributed by atoms with E-state index >= 15 is 0 Å². The summed E-state index contributed by atoms with van der Waals surface area (Å²) in [6.45, 7) is 4.06. The van der Waals surface area contributed by atoms with Crippen LogP contribution in [-0.2, 0) is 9.59 Å². The zero-order chi connectivity index (χ0) is 19.9. The van der Waals surface area contributed by atoms with Gasteiger partial charge in [0.15, 0.2) is 5.17 Å². The number of rotatable bonds is 7. The lowest BCUT2D eigenvalue weighted by Crippen LogP contribution is -2.33. The number of ether oxygens (including phenoxy) is 1. The fourth-order valence-electron chi connectivity index (χ4n) is 2.75. The molecule has 1 atom stereocenters. The largest absolute Gasteiger partial charge is 0.495 e. The van der Waals surface area contributed by atoms with Crippen LogP contribution in [0.25, 0.3) is 0 Å². The van der Waals surface area contributed by atoms with Crippen LogP contribution in [0.1, 0.15) is 6.42 Å². The number of thioether (sulfide) groups is 1. The molecule has 0 spiro atoms. The average Bonchev–Trinajstić information content (AvgIpc) is 2.98. The van der Waals surface area contributed by atoms with Crippen LogP contribution < -0.4 is 10.1 Å². The molecule has 0 aromatic heterocycles. The number of benzene rings is 2. The molecule has 3 rings (SSSR count). The summed E-state index contributed by atoms with van der Waals surface area (Å²) in [5.74, 6) is 0.172. The fraction of sp³-hybridized carbons (Fsp3) is 0.190. The molecule has 6 nitrogen and oxygen atoms in total. The molecule has 1 aliphatic rings. The summed E-state index contributed by atoms with van der Waals surface area (Å²) in [4.78, 5) is 31.4. The highest BCUT2D eigenvalue weighted by Crippen LogP contribution is 2.32. The molecule has 2 aromatic rings. The second-order valence-electron chi connectivity index (χ2n) is 6.03. The second kappa shape index (κ2) is 9.23. The Morgan fingerprint density at radius 1 is 1.25 bits per heavy atom. The minimum atomic E-state index is -0.530. The van der Waals surface area contributed by atoms with E-state index in [0.717, 1.165) is 5.69 Å². The van der Waals surface area contributed by atoms with Gasteiger partial charge in [-0.05, 0) is 24.3 Å². The van der Waals surface area contributed by atoms with Crippen molar-refractivity contribution in [3.63, 3.8) is 0 Å². The Labute approximate surface area is 168 Å². The Hall–Kier alpha value is -3.06.